The smallest absolute Gasteiger partial charge is 0.387 e. The molecule has 6 rings (SSSR count). The van der Waals surface area contributed by atoms with Crippen molar-refractivity contribution in [2.24, 2.45) is 0 Å². The molecule has 3 aromatic heterocycles. The fourth-order valence-corrected chi connectivity index (χ4v) is 6.03. The molecule has 2 N–H and O–H groups in total. The molecular formula is C31H32ClF2N9O6. The predicted octanol–water partition coefficient (Wildman–Crippen LogP) is 2.92. The van der Waals surface area contributed by atoms with Crippen LogP contribution in [0.3, 0.4) is 0 Å². The summed E-state index contributed by atoms with van der Waals surface area (Å²) in [5.74, 6) is -0.945. The molecule has 0 saturated carbocycles. The van der Waals surface area contributed by atoms with E-state index in [0.29, 0.717) is 43.3 Å². The van der Waals surface area contributed by atoms with Crippen molar-refractivity contribution < 1.29 is 33.0 Å². The molecule has 1 saturated heterocycles. The molecule has 258 valence electrons. The molecule has 1 aromatic carbocycles. The lowest BCUT2D eigenvalue weighted by Crippen LogP contribution is -2.51. The minimum atomic E-state index is -3.04. The molecule has 15 nitrogen and oxygen atoms in total. The lowest BCUT2D eigenvalue weighted by molar-refractivity contribution is -0.116. The fraction of sp³-hybridized carbons (Fsp3) is 0.387. The highest BCUT2D eigenvalue weighted by molar-refractivity contribution is 6.33. The standard InChI is InChI=1S/C31H32ClF2N9O6/c1-3-22-25(40-8-10-41(11-9-40)28(46)24-26(45)17(2)35-16-36-24)29(47)43-31(38-27(39-43)18-6-12-48-13-7-18)42(22)15-23(44)37-21-5-4-19(14-20(21)32)49-30(33)34/h4-6,14,16,30,45H,3,7-13,15H2,1-2H3,(H,37,44). The molecule has 0 atom stereocenters. The van der Waals surface area contributed by atoms with Crippen LogP contribution in [0.1, 0.15) is 41.0 Å². The summed E-state index contributed by atoms with van der Waals surface area (Å²) in [6, 6.07) is 3.77. The SMILES string of the molecule is CCc1c(N2CCN(C(=O)c3ncnc(C)c3O)CC2)c(=O)n2nc(C3=CCOCC3)nc2n1CC(=O)Nc1ccc(OC(F)F)cc1Cl. The average molecular weight is 700 g/mol. The van der Waals surface area contributed by atoms with Crippen LogP contribution in [0, 0.1) is 6.92 Å². The van der Waals surface area contributed by atoms with E-state index in [2.05, 4.69) is 30.1 Å². The van der Waals surface area contributed by atoms with E-state index in [1.165, 1.54) is 29.0 Å². The van der Waals surface area contributed by atoms with Crippen LogP contribution in [0.4, 0.5) is 20.2 Å². The van der Waals surface area contributed by atoms with E-state index in [0.717, 1.165) is 5.57 Å². The molecule has 49 heavy (non-hydrogen) atoms. The van der Waals surface area contributed by atoms with Gasteiger partial charge in [-0.2, -0.15) is 18.3 Å². The van der Waals surface area contributed by atoms with E-state index in [9.17, 15) is 28.3 Å². The number of aromatic hydroxyl groups is 1. The van der Waals surface area contributed by atoms with E-state index in [1.807, 2.05) is 17.9 Å². The van der Waals surface area contributed by atoms with Gasteiger partial charge in [-0.05, 0) is 37.5 Å². The van der Waals surface area contributed by atoms with Crippen LogP contribution in [0.15, 0.2) is 35.4 Å². The summed E-state index contributed by atoms with van der Waals surface area (Å²) in [5, 5.41) is 17.6. The van der Waals surface area contributed by atoms with Gasteiger partial charge in [-0.3, -0.25) is 14.4 Å². The number of amides is 2. The van der Waals surface area contributed by atoms with Gasteiger partial charge >= 0.3 is 6.61 Å². The third-order valence-corrected chi connectivity index (χ3v) is 8.56. The van der Waals surface area contributed by atoms with Gasteiger partial charge in [-0.1, -0.05) is 24.6 Å². The monoisotopic (exact) mass is 699 g/mol. The molecule has 0 spiro atoms. The Bertz CT molecular complexity index is 2010. The summed E-state index contributed by atoms with van der Waals surface area (Å²) in [6.45, 7) is 1.91. The van der Waals surface area contributed by atoms with Crippen LogP contribution in [0.5, 0.6) is 11.5 Å². The van der Waals surface area contributed by atoms with Gasteiger partial charge in [0, 0.05) is 32.2 Å². The highest BCUT2D eigenvalue weighted by Crippen LogP contribution is 2.29. The molecule has 0 unspecified atom stereocenters. The van der Waals surface area contributed by atoms with Crippen molar-refractivity contribution in [3.8, 4) is 11.5 Å². The van der Waals surface area contributed by atoms with Crippen molar-refractivity contribution in [1.82, 2.24) is 34.0 Å². The molecule has 0 aliphatic carbocycles. The number of anilines is 2. The van der Waals surface area contributed by atoms with Crippen LogP contribution in [-0.2, 0) is 22.5 Å². The van der Waals surface area contributed by atoms with E-state index < -0.39 is 24.0 Å². The first-order valence-electron chi connectivity index (χ1n) is 15.4. The third kappa shape index (κ3) is 6.89. The Hall–Kier alpha value is -5.16. The number of alkyl halides is 2. The molecule has 2 aliphatic rings. The zero-order valence-electron chi connectivity index (χ0n) is 26.5. The summed E-state index contributed by atoms with van der Waals surface area (Å²) >= 11 is 6.25. The Morgan fingerprint density at radius 3 is 2.63 bits per heavy atom. The molecule has 1 fully saturated rings. The number of halogens is 3. The summed E-state index contributed by atoms with van der Waals surface area (Å²) in [6.07, 6.45) is 3.94. The molecule has 0 radical (unpaired) electrons. The summed E-state index contributed by atoms with van der Waals surface area (Å²) < 4.78 is 37.9. The van der Waals surface area contributed by atoms with E-state index in [1.54, 1.807) is 16.4 Å². The molecule has 0 bridgehead atoms. The number of aromatic nitrogens is 6. The van der Waals surface area contributed by atoms with Crippen molar-refractivity contribution in [2.75, 3.05) is 49.6 Å². The number of carbonyl (C=O) groups excluding carboxylic acids is 2. The van der Waals surface area contributed by atoms with Crippen molar-refractivity contribution in [3.05, 3.63) is 68.9 Å². The second kappa shape index (κ2) is 14.1. The number of nitrogens with zero attached hydrogens (tertiary/aromatic N) is 8. The first kappa shape index (κ1) is 33.7. The van der Waals surface area contributed by atoms with Crippen LogP contribution in [-0.4, -0.2) is 97.0 Å². The maximum atomic E-state index is 14.2. The van der Waals surface area contributed by atoms with Crippen LogP contribution >= 0.6 is 11.6 Å². The molecule has 18 heteroatoms. The molecule has 2 aliphatic heterocycles. The maximum absolute atomic E-state index is 14.2. The van der Waals surface area contributed by atoms with Crippen LogP contribution < -0.4 is 20.5 Å². The number of benzene rings is 1. The molecular weight excluding hydrogens is 668 g/mol. The summed E-state index contributed by atoms with van der Waals surface area (Å²) in [5.41, 5.74) is 1.55. The minimum Gasteiger partial charge on any atom is -0.504 e. The second-order valence-electron chi connectivity index (χ2n) is 11.2. The van der Waals surface area contributed by atoms with Gasteiger partial charge in [0.25, 0.3) is 11.5 Å². The topological polar surface area (TPSA) is 169 Å². The van der Waals surface area contributed by atoms with E-state index >= 15 is 0 Å². The highest BCUT2D eigenvalue weighted by atomic mass is 35.5. The van der Waals surface area contributed by atoms with Gasteiger partial charge < -0.3 is 34.3 Å². The maximum Gasteiger partial charge on any atom is 0.387 e. The Morgan fingerprint density at radius 2 is 1.96 bits per heavy atom. The van der Waals surface area contributed by atoms with Gasteiger partial charge in [0.2, 0.25) is 11.7 Å². The van der Waals surface area contributed by atoms with E-state index in [-0.39, 0.29) is 72.1 Å². The number of carbonyl (C=O) groups is 2. The predicted molar refractivity (Wildman–Crippen MR) is 173 cm³/mol. The van der Waals surface area contributed by atoms with Gasteiger partial charge in [0.1, 0.15) is 24.3 Å². The quantitative estimate of drug-likeness (QED) is 0.263. The fourth-order valence-electron chi connectivity index (χ4n) is 5.81. The Labute approximate surface area is 282 Å². The van der Waals surface area contributed by atoms with Crippen molar-refractivity contribution in [3.63, 3.8) is 0 Å². The second-order valence-corrected chi connectivity index (χ2v) is 11.7. The van der Waals surface area contributed by atoms with Gasteiger partial charge in [0.15, 0.2) is 17.3 Å². The Morgan fingerprint density at radius 1 is 1.18 bits per heavy atom. The van der Waals surface area contributed by atoms with Gasteiger partial charge in [-0.25, -0.2) is 9.97 Å². The average Bonchev–Trinajstić information content (AvgIpc) is 3.54. The number of hydrogen-bond acceptors (Lipinski definition) is 11. The summed E-state index contributed by atoms with van der Waals surface area (Å²) in [4.78, 5) is 56.8. The van der Waals surface area contributed by atoms with Crippen molar-refractivity contribution >= 4 is 46.1 Å². The van der Waals surface area contributed by atoms with Crippen molar-refractivity contribution in [1.29, 1.82) is 0 Å². The zero-order chi connectivity index (χ0) is 34.8. The molecule has 4 aromatic rings. The number of fused-ring (bicyclic) bond motifs is 1. The first-order chi connectivity index (χ1) is 23.5. The molecule has 2 amide bonds. The normalized spacial score (nSPS) is 15.1. The largest absolute Gasteiger partial charge is 0.504 e. The van der Waals surface area contributed by atoms with Gasteiger partial charge in [0.05, 0.1) is 35.3 Å². The van der Waals surface area contributed by atoms with Gasteiger partial charge in [-0.15, -0.1) is 5.10 Å². The number of aryl methyl sites for hydroxylation is 1. The first-order valence-corrected chi connectivity index (χ1v) is 15.8. The number of nitrogens with one attached hydrogen (secondary N) is 1. The molecule has 5 heterocycles. The Kier molecular flexibility index (Phi) is 9.73. The third-order valence-electron chi connectivity index (χ3n) is 8.24. The number of rotatable bonds is 9. The van der Waals surface area contributed by atoms with Crippen LogP contribution in [0.2, 0.25) is 5.02 Å². The highest BCUT2D eigenvalue weighted by Gasteiger charge is 2.31. The van der Waals surface area contributed by atoms with Crippen LogP contribution in [0.25, 0.3) is 11.4 Å². The summed E-state index contributed by atoms with van der Waals surface area (Å²) in [7, 11) is 0. The number of hydrogen-bond donors (Lipinski definition) is 2. The number of ether oxygens (including phenoxy) is 2. The lowest BCUT2D eigenvalue weighted by atomic mass is 10.1. The minimum absolute atomic E-state index is 0.0120. The zero-order valence-corrected chi connectivity index (χ0v) is 27.3. The lowest BCUT2D eigenvalue weighted by Gasteiger charge is -2.36. The Balaban J connectivity index is 1.33. The number of piperazine rings is 1. The van der Waals surface area contributed by atoms with Crippen molar-refractivity contribution in [2.45, 2.75) is 39.8 Å². The van der Waals surface area contributed by atoms with E-state index in [4.69, 9.17) is 16.3 Å².